The Morgan fingerprint density at radius 1 is 1.43 bits per heavy atom. The Morgan fingerprint density at radius 2 is 1.93 bits per heavy atom. The van der Waals surface area contributed by atoms with Crippen molar-refractivity contribution in [2.24, 2.45) is 0 Å². The molecule has 6 nitrogen and oxygen atoms in total. The van der Waals surface area contributed by atoms with Gasteiger partial charge in [0.1, 0.15) is 6.04 Å². The number of carbonyl (C=O) groups excluding carboxylic acids is 1. The van der Waals surface area contributed by atoms with Crippen LogP contribution in [0.4, 0.5) is 4.79 Å². The first kappa shape index (κ1) is 12.7. The summed E-state index contributed by atoms with van der Waals surface area (Å²) in [6, 6.07) is -1.44. The maximum absolute atomic E-state index is 11.2. The summed E-state index contributed by atoms with van der Waals surface area (Å²) >= 11 is 0. The van der Waals surface area contributed by atoms with E-state index in [-0.39, 0.29) is 6.54 Å². The Hall–Kier alpha value is -1.30. The molecule has 0 heterocycles. The van der Waals surface area contributed by atoms with Crippen LogP contribution in [0, 0.1) is 0 Å². The smallest absolute Gasteiger partial charge is 0.325 e. The van der Waals surface area contributed by atoms with Crippen molar-refractivity contribution in [2.75, 3.05) is 13.6 Å². The lowest BCUT2D eigenvalue weighted by Crippen LogP contribution is -2.46. The molecule has 82 valence electrons. The number of hydrogen-bond donors (Lipinski definition) is 3. The molecule has 0 aromatic carbocycles. The highest BCUT2D eigenvalue weighted by molar-refractivity contribution is 5.82. The number of carbonyl (C=O) groups is 2. The number of aliphatic carboxylic acids is 1. The molecule has 0 spiro atoms. The van der Waals surface area contributed by atoms with E-state index in [2.05, 4.69) is 5.32 Å². The van der Waals surface area contributed by atoms with Crippen LogP contribution in [-0.2, 0) is 4.79 Å². The Bertz CT molecular complexity index is 217. The van der Waals surface area contributed by atoms with Gasteiger partial charge in [0.25, 0.3) is 0 Å². The van der Waals surface area contributed by atoms with Crippen LogP contribution in [-0.4, -0.2) is 52.9 Å². The molecular weight excluding hydrogens is 188 g/mol. The zero-order valence-electron chi connectivity index (χ0n) is 8.52. The van der Waals surface area contributed by atoms with Crippen LogP contribution >= 0.6 is 0 Å². The summed E-state index contributed by atoms with van der Waals surface area (Å²) < 4.78 is 0. The second kappa shape index (κ2) is 5.43. The lowest BCUT2D eigenvalue weighted by molar-refractivity contribution is -0.138. The van der Waals surface area contributed by atoms with E-state index < -0.39 is 24.1 Å². The summed E-state index contributed by atoms with van der Waals surface area (Å²) in [5.41, 5.74) is 0. The quantitative estimate of drug-likeness (QED) is 0.575. The number of likely N-dealkylation sites (N-methyl/N-ethyl adjacent to an activating group) is 1. The predicted octanol–water partition coefficient (Wildman–Crippen LogP) is -0.518. The third-order valence-electron chi connectivity index (χ3n) is 1.60. The van der Waals surface area contributed by atoms with Crippen molar-refractivity contribution < 1.29 is 19.8 Å². The van der Waals surface area contributed by atoms with E-state index in [1.807, 2.05) is 0 Å². The van der Waals surface area contributed by atoms with Gasteiger partial charge in [-0.05, 0) is 13.8 Å². The first-order valence-corrected chi connectivity index (χ1v) is 4.27. The molecule has 2 atom stereocenters. The fourth-order valence-electron chi connectivity index (χ4n) is 0.836. The first-order valence-electron chi connectivity index (χ1n) is 4.27. The first-order chi connectivity index (χ1) is 6.34. The van der Waals surface area contributed by atoms with Crippen LogP contribution in [0.3, 0.4) is 0 Å². The van der Waals surface area contributed by atoms with Gasteiger partial charge in [-0.2, -0.15) is 0 Å². The van der Waals surface area contributed by atoms with E-state index in [9.17, 15) is 9.59 Å². The average molecular weight is 204 g/mol. The minimum absolute atomic E-state index is 0.165. The van der Waals surface area contributed by atoms with Crippen molar-refractivity contribution in [1.82, 2.24) is 10.2 Å². The van der Waals surface area contributed by atoms with Gasteiger partial charge >= 0.3 is 12.0 Å². The normalized spacial score (nSPS) is 14.3. The van der Waals surface area contributed by atoms with Gasteiger partial charge in [0, 0.05) is 13.6 Å². The summed E-state index contributed by atoms with van der Waals surface area (Å²) in [6.45, 7) is 3.08. The van der Waals surface area contributed by atoms with Gasteiger partial charge in [0.05, 0.1) is 6.10 Å². The molecule has 0 fully saturated rings. The monoisotopic (exact) mass is 204 g/mol. The Kier molecular flexibility index (Phi) is 4.93. The molecule has 3 N–H and O–H groups in total. The molecule has 0 aliphatic rings. The Morgan fingerprint density at radius 3 is 2.29 bits per heavy atom. The zero-order chi connectivity index (χ0) is 11.3. The minimum Gasteiger partial charge on any atom is -0.480 e. The predicted molar refractivity (Wildman–Crippen MR) is 49.9 cm³/mol. The highest BCUT2D eigenvalue weighted by atomic mass is 16.4. The Labute approximate surface area is 82.5 Å². The topological polar surface area (TPSA) is 89.9 Å². The zero-order valence-corrected chi connectivity index (χ0v) is 8.52. The molecule has 0 aromatic heterocycles. The number of amides is 2. The van der Waals surface area contributed by atoms with Gasteiger partial charge in [0.15, 0.2) is 0 Å². The van der Waals surface area contributed by atoms with Gasteiger partial charge in [0.2, 0.25) is 0 Å². The number of aliphatic hydroxyl groups is 1. The van der Waals surface area contributed by atoms with Gasteiger partial charge in [-0.25, -0.2) is 4.79 Å². The average Bonchev–Trinajstić information content (AvgIpc) is 2.02. The molecule has 0 aliphatic carbocycles. The van der Waals surface area contributed by atoms with E-state index in [4.69, 9.17) is 10.2 Å². The van der Waals surface area contributed by atoms with E-state index in [1.165, 1.54) is 18.9 Å². The molecule has 2 amide bonds. The number of hydrogen-bond acceptors (Lipinski definition) is 3. The van der Waals surface area contributed by atoms with Crippen LogP contribution < -0.4 is 5.32 Å². The number of rotatable bonds is 4. The highest BCUT2D eigenvalue weighted by Crippen LogP contribution is 1.91. The van der Waals surface area contributed by atoms with Crippen LogP contribution in [0.5, 0.6) is 0 Å². The van der Waals surface area contributed by atoms with Gasteiger partial charge < -0.3 is 20.4 Å². The number of carboxylic acid groups (broad SMARTS) is 1. The number of aliphatic hydroxyl groups excluding tert-OH is 1. The van der Waals surface area contributed by atoms with Gasteiger partial charge in [-0.3, -0.25) is 4.79 Å². The third-order valence-corrected chi connectivity index (χ3v) is 1.60. The molecule has 0 bridgehead atoms. The molecule has 0 saturated heterocycles. The molecular formula is C8H16N2O4. The van der Waals surface area contributed by atoms with E-state index in [0.29, 0.717) is 0 Å². The summed E-state index contributed by atoms with van der Waals surface area (Å²) in [5.74, 6) is -1.09. The van der Waals surface area contributed by atoms with E-state index in [0.717, 1.165) is 0 Å². The van der Waals surface area contributed by atoms with Gasteiger partial charge in [-0.1, -0.05) is 0 Å². The number of urea groups is 1. The highest BCUT2D eigenvalue weighted by Gasteiger charge is 2.17. The molecule has 0 saturated carbocycles. The molecule has 0 radical (unpaired) electrons. The fourth-order valence-corrected chi connectivity index (χ4v) is 0.836. The lowest BCUT2D eigenvalue weighted by Gasteiger charge is -2.20. The van der Waals surface area contributed by atoms with Crippen LogP contribution in [0.2, 0.25) is 0 Å². The molecule has 0 rings (SSSR count). The second-order valence-corrected chi connectivity index (χ2v) is 3.24. The van der Waals surface area contributed by atoms with Crippen molar-refractivity contribution in [3.63, 3.8) is 0 Å². The lowest BCUT2D eigenvalue weighted by atomic mass is 10.3. The molecule has 0 aliphatic heterocycles. The van der Waals surface area contributed by atoms with Crippen LogP contribution in [0.1, 0.15) is 13.8 Å². The molecule has 1 unspecified atom stereocenters. The summed E-state index contributed by atoms with van der Waals surface area (Å²) in [5, 5.41) is 19.7. The number of nitrogens with one attached hydrogen (secondary N) is 1. The fraction of sp³-hybridized carbons (Fsp3) is 0.750. The van der Waals surface area contributed by atoms with Crippen LogP contribution in [0.15, 0.2) is 0 Å². The minimum atomic E-state index is -1.09. The SMILES string of the molecule is CC(O)CN(C)C(=O)N[C@@H](C)C(=O)O. The van der Waals surface area contributed by atoms with Crippen LogP contribution in [0.25, 0.3) is 0 Å². The maximum atomic E-state index is 11.2. The van der Waals surface area contributed by atoms with E-state index >= 15 is 0 Å². The van der Waals surface area contributed by atoms with Crippen molar-refractivity contribution in [3.05, 3.63) is 0 Å². The number of carboxylic acids is 1. The summed E-state index contributed by atoms with van der Waals surface area (Å²) in [6.07, 6.45) is -0.633. The second-order valence-electron chi connectivity index (χ2n) is 3.24. The van der Waals surface area contributed by atoms with Crippen molar-refractivity contribution >= 4 is 12.0 Å². The summed E-state index contributed by atoms with van der Waals surface area (Å²) in [4.78, 5) is 22.9. The van der Waals surface area contributed by atoms with E-state index in [1.54, 1.807) is 6.92 Å². The molecule has 6 heteroatoms. The van der Waals surface area contributed by atoms with Gasteiger partial charge in [-0.15, -0.1) is 0 Å². The third kappa shape index (κ3) is 4.66. The maximum Gasteiger partial charge on any atom is 0.325 e. The standard InChI is InChI=1S/C8H16N2O4/c1-5(11)4-10(3)8(14)9-6(2)7(12)13/h5-6,11H,4H2,1-3H3,(H,9,14)(H,12,13)/t5?,6-/m0/s1. The molecule has 0 aromatic rings. The molecule has 14 heavy (non-hydrogen) atoms. The number of nitrogens with zero attached hydrogens (tertiary/aromatic N) is 1. The largest absolute Gasteiger partial charge is 0.480 e. The summed E-state index contributed by atoms with van der Waals surface area (Å²) in [7, 11) is 1.48. The van der Waals surface area contributed by atoms with Crippen molar-refractivity contribution in [1.29, 1.82) is 0 Å². The van der Waals surface area contributed by atoms with Crippen molar-refractivity contribution in [2.45, 2.75) is 26.0 Å². The Balaban J connectivity index is 4.01. The van der Waals surface area contributed by atoms with Crippen molar-refractivity contribution in [3.8, 4) is 0 Å².